The number of hydrogen-bond acceptors (Lipinski definition) is 3. The van der Waals surface area contributed by atoms with Gasteiger partial charge in [-0.1, -0.05) is 13.8 Å². The van der Waals surface area contributed by atoms with Gasteiger partial charge in [0.15, 0.2) is 0 Å². The van der Waals surface area contributed by atoms with Gasteiger partial charge in [-0.05, 0) is 13.5 Å². The summed E-state index contributed by atoms with van der Waals surface area (Å²) in [5, 5.41) is 2.41. The lowest BCUT2D eigenvalue weighted by Crippen LogP contribution is -2.56. The summed E-state index contributed by atoms with van der Waals surface area (Å²) in [5.74, 6) is -0.804. The quantitative estimate of drug-likeness (QED) is 0.755. The van der Waals surface area contributed by atoms with E-state index in [4.69, 9.17) is 5.73 Å². The van der Waals surface area contributed by atoms with Gasteiger partial charge in [0.1, 0.15) is 6.04 Å². The number of rotatable bonds is 6. The van der Waals surface area contributed by atoms with E-state index in [1.165, 1.54) is 14.1 Å². The van der Waals surface area contributed by atoms with Crippen LogP contribution in [-0.2, 0) is 4.79 Å². The fourth-order valence-corrected chi connectivity index (χ4v) is 1.92. The molecule has 3 N–H and O–H groups in total. The van der Waals surface area contributed by atoms with Gasteiger partial charge in [-0.15, -0.1) is 0 Å². The molecule has 0 saturated heterocycles. The summed E-state index contributed by atoms with van der Waals surface area (Å²) < 4.78 is 38.8. The van der Waals surface area contributed by atoms with Crippen molar-refractivity contribution in [2.45, 2.75) is 38.5 Å². The molecule has 7 heteroatoms. The van der Waals surface area contributed by atoms with Crippen LogP contribution in [0.4, 0.5) is 13.2 Å². The molecule has 0 aromatic heterocycles. The van der Waals surface area contributed by atoms with Crippen LogP contribution in [0.2, 0.25) is 0 Å². The Hall–Kier alpha value is -0.820. The molecule has 0 aliphatic carbocycles. The number of likely N-dealkylation sites (N-methyl/N-ethyl adjacent to an activating group) is 1. The molecule has 4 nitrogen and oxygen atoms in total. The van der Waals surface area contributed by atoms with Crippen molar-refractivity contribution in [3.05, 3.63) is 0 Å². The number of carbonyl (C=O) groups is 1. The van der Waals surface area contributed by atoms with E-state index in [1.54, 1.807) is 13.8 Å². The zero-order chi connectivity index (χ0) is 14.5. The third-order valence-electron chi connectivity index (χ3n) is 2.94. The molecule has 0 fully saturated rings. The van der Waals surface area contributed by atoms with Crippen LogP contribution >= 0.6 is 0 Å². The normalized spacial score (nSPS) is 17.4. The first-order valence-corrected chi connectivity index (χ1v) is 5.89. The maximum atomic E-state index is 12.9. The summed E-state index contributed by atoms with van der Waals surface area (Å²) in [5.41, 5.74) is 5.53. The summed E-state index contributed by atoms with van der Waals surface area (Å²) in [6, 6.07) is -2.72. The van der Waals surface area contributed by atoms with Gasteiger partial charge in [0.25, 0.3) is 0 Å². The first kappa shape index (κ1) is 17.2. The van der Waals surface area contributed by atoms with Crippen molar-refractivity contribution in [2.75, 3.05) is 20.6 Å². The predicted molar refractivity (Wildman–Crippen MR) is 64.0 cm³/mol. The van der Waals surface area contributed by atoms with Crippen molar-refractivity contribution < 1.29 is 18.0 Å². The molecule has 0 bridgehead atoms. The van der Waals surface area contributed by atoms with Crippen molar-refractivity contribution in [3.63, 3.8) is 0 Å². The minimum Gasteiger partial charge on any atom is -0.359 e. The minimum atomic E-state index is -4.40. The maximum Gasteiger partial charge on any atom is 0.405 e. The lowest BCUT2D eigenvalue weighted by molar-refractivity contribution is -0.187. The molecule has 0 aromatic rings. The zero-order valence-corrected chi connectivity index (χ0v) is 11.2. The Morgan fingerprint density at radius 3 is 2.28 bits per heavy atom. The smallest absolute Gasteiger partial charge is 0.359 e. The van der Waals surface area contributed by atoms with Crippen LogP contribution < -0.4 is 11.1 Å². The molecule has 3 atom stereocenters. The second kappa shape index (κ2) is 6.94. The Bertz CT molecular complexity index is 271. The molecule has 0 aliphatic heterocycles. The Balaban J connectivity index is 4.77. The average molecular weight is 269 g/mol. The maximum absolute atomic E-state index is 12.9. The lowest BCUT2D eigenvalue weighted by Gasteiger charge is -2.34. The predicted octanol–water partition coefficient (Wildman–Crippen LogP) is 0.968. The second-order valence-corrected chi connectivity index (χ2v) is 4.51. The number of nitrogens with one attached hydrogen (secondary N) is 1. The van der Waals surface area contributed by atoms with Crippen LogP contribution in [0.25, 0.3) is 0 Å². The van der Waals surface area contributed by atoms with Gasteiger partial charge >= 0.3 is 6.18 Å². The fourth-order valence-electron chi connectivity index (χ4n) is 1.92. The van der Waals surface area contributed by atoms with Gasteiger partial charge in [-0.25, -0.2) is 0 Å². The summed E-state index contributed by atoms with van der Waals surface area (Å²) in [7, 11) is 2.80. The summed E-state index contributed by atoms with van der Waals surface area (Å²) in [4.78, 5) is 12.4. The third-order valence-corrected chi connectivity index (χ3v) is 2.94. The summed E-state index contributed by atoms with van der Waals surface area (Å²) in [6.07, 6.45) is -4.17. The summed E-state index contributed by atoms with van der Waals surface area (Å²) >= 11 is 0. The molecule has 18 heavy (non-hydrogen) atoms. The zero-order valence-electron chi connectivity index (χ0n) is 11.2. The van der Waals surface area contributed by atoms with Gasteiger partial charge < -0.3 is 11.1 Å². The van der Waals surface area contributed by atoms with Gasteiger partial charge in [0.05, 0.1) is 0 Å². The van der Waals surface area contributed by atoms with Gasteiger partial charge in [-0.3, -0.25) is 9.69 Å². The highest BCUT2D eigenvalue weighted by Crippen LogP contribution is 2.27. The van der Waals surface area contributed by atoms with Gasteiger partial charge in [0.2, 0.25) is 5.91 Å². The molecular weight excluding hydrogens is 247 g/mol. The Kier molecular flexibility index (Phi) is 6.62. The Morgan fingerprint density at radius 2 is 1.94 bits per heavy atom. The highest BCUT2D eigenvalue weighted by Gasteiger charge is 2.45. The van der Waals surface area contributed by atoms with E-state index in [0.29, 0.717) is 0 Å². The highest BCUT2D eigenvalue weighted by molar-refractivity contribution is 5.78. The SMILES string of the molecule is CCC(N)C(N(C)CC(C)C(=O)NC)C(F)(F)F. The fraction of sp³-hybridized carbons (Fsp3) is 0.909. The number of hydrogen-bond donors (Lipinski definition) is 2. The van der Waals surface area contributed by atoms with Gasteiger partial charge in [0, 0.05) is 25.6 Å². The van der Waals surface area contributed by atoms with E-state index >= 15 is 0 Å². The number of halogens is 3. The van der Waals surface area contributed by atoms with Crippen molar-refractivity contribution in [3.8, 4) is 0 Å². The van der Waals surface area contributed by atoms with Crippen molar-refractivity contribution in [1.82, 2.24) is 10.2 Å². The molecule has 0 rings (SSSR count). The van der Waals surface area contributed by atoms with Crippen LogP contribution in [0.5, 0.6) is 0 Å². The second-order valence-electron chi connectivity index (χ2n) is 4.51. The number of amides is 1. The first-order chi connectivity index (χ1) is 8.15. The molecule has 1 amide bonds. The largest absolute Gasteiger partial charge is 0.405 e. The number of carbonyl (C=O) groups excluding carboxylic acids is 1. The van der Waals surface area contributed by atoms with E-state index in [2.05, 4.69) is 5.32 Å². The van der Waals surface area contributed by atoms with Crippen LogP contribution in [0.3, 0.4) is 0 Å². The molecule has 108 valence electrons. The molecule has 0 spiro atoms. The molecular formula is C11H22F3N3O. The Labute approximate surface area is 106 Å². The molecule has 0 aromatic carbocycles. The standard InChI is InChI=1S/C11H22F3N3O/c1-5-8(15)9(11(12,13)14)17(4)6-7(2)10(18)16-3/h7-9H,5-6,15H2,1-4H3,(H,16,18). The number of alkyl halides is 3. The molecule has 0 heterocycles. The van der Waals surface area contributed by atoms with Crippen LogP contribution in [-0.4, -0.2) is 49.7 Å². The van der Waals surface area contributed by atoms with Crippen LogP contribution in [0.15, 0.2) is 0 Å². The number of nitrogens with zero attached hydrogens (tertiary/aromatic N) is 1. The first-order valence-electron chi connectivity index (χ1n) is 5.89. The van der Waals surface area contributed by atoms with Crippen LogP contribution in [0, 0.1) is 5.92 Å². The molecule has 0 aliphatic rings. The molecule has 0 saturated carbocycles. The number of nitrogens with two attached hydrogens (primary N) is 1. The average Bonchev–Trinajstić information content (AvgIpc) is 2.25. The van der Waals surface area contributed by atoms with E-state index in [0.717, 1.165) is 4.90 Å². The molecule has 3 unspecified atom stereocenters. The summed E-state index contributed by atoms with van der Waals surface area (Å²) in [6.45, 7) is 3.21. The highest BCUT2D eigenvalue weighted by atomic mass is 19.4. The van der Waals surface area contributed by atoms with E-state index in [-0.39, 0.29) is 18.9 Å². The van der Waals surface area contributed by atoms with E-state index in [1.807, 2.05) is 0 Å². The monoisotopic (exact) mass is 269 g/mol. The Morgan fingerprint density at radius 1 is 1.44 bits per heavy atom. The van der Waals surface area contributed by atoms with Crippen molar-refractivity contribution in [2.24, 2.45) is 11.7 Å². The third kappa shape index (κ3) is 4.81. The molecule has 0 radical (unpaired) electrons. The van der Waals surface area contributed by atoms with E-state index in [9.17, 15) is 18.0 Å². The lowest BCUT2D eigenvalue weighted by atomic mass is 10.0. The minimum absolute atomic E-state index is 0.0115. The van der Waals surface area contributed by atoms with Gasteiger partial charge in [-0.2, -0.15) is 13.2 Å². The van der Waals surface area contributed by atoms with Crippen molar-refractivity contribution >= 4 is 5.91 Å². The van der Waals surface area contributed by atoms with E-state index < -0.39 is 24.2 Å². The topological polar surface area (TPSA) is 58.4 Å². The van der Waals surface area contributed by atoms with Crippen LogP contribution in [0.1, 0.15) is 20.3 Å². The van der Waals surface area contributed by atoms with Crippen molar-refractivity contribution in [1.29, 1.82) is 0 Å².